The number of nitrogens with zero attached hydrogens (tertiary/aromatic N) is 2. The Labute approximate surface area is 191 Å². The molecule has 1 saturated heterocycles. The van der Waals surface area contributed by atoms with Crippen molar-refractivity contribution in [2.45, 2.75) is 24.8 Å². The van der Waals surface area contributed by atoms with Crippen molar-refractivity contribution in [1.82, 2.24) is 15.1 Å². The smallest absolute Gasteiger partial charge is 0.325 e. The van der Waals surface area contributed by atoms with Gasteiger partial charge in [-0.1, -0.05) is 30.3 Å². The van der Waals surface area contributed by atoms with Gasteiger partial charge >= 0.3 is 6.03 Å². The number of nitrogens with one attached hydrogen (secondary N) is 2. The molecule has 0 saturated carbocycles. The number of imide groups is 1. The lowest BCUT2D eigenvalue weighted by atomic mass is 9.76. The van der Waals surface area contributed by atoms with Crippen LogP contribution in [0, 0.1) is 0 Å². The van der Waals surface area contributed by atoms with E-state index in [2.05, 4.69) is 10.6 Å². The Hall–Kier alpha value is -3.88. The molecule has 1 aliphatic heterocycles. The van der Waals surface area contributed by atoms with Crippen molar-refractivity contribution in [2.24, 2.45) is 0 Å². The largest absolute Gasteiger partial charge is 0.497 e. The Morgan fingerprint density at radius 3 is 2.76 bits per heavy atom. The summed E-state index contributed by atoms with van der Waals surface area (Å²) >= 11 is 0. The molecule has 33 heavy (non-hydrogen) atoms. The Morgan fingerprint density at radius 1 is 1.18 bits per heavy atom. The zero-order valence-corrected chi connectivity index (χ0v) is 18.6. The summed E-state index contributed by atoms with van der Waals surface area (Å²) in [6.07, 6.45) is 2.08. The van der Waals surface area contributed by atoms with Crippen molar-refractivity contribution in [3.63, 3.8) is 0 Å². The number of hydrogen-bond donors (Lipinski definition) is 2. The fraction of sp³-hybridized carbons (Fsp3) is 0.333. The molecule has 1 fully saturated rings. The van der Waals surface area contributed by atoms with E-state index >= 15 is 0 Å². The number of fused-ring (bicyclic) bond motifs is 2. The molecule has 5 amide bonds. The Bertz CT molecular complexity index is 1120. The summed E-state index contributed by atoms with van der Waals surface area (Å²) in [5, 5.41) is 5.53. The number of carbonyl (C=O) groups is 4. The second-order valence-electron chi connectivity index (χ2n) is 8.27. The molecule has 0 aromatic heterocycles. The molecule has 0 bridgehead atoms. The van der Waals surface area contributed by atoms with E-state index < -0.39 is 35.8 Å². The first-order valence-corrected chi connectivity index (χ1v) is 10.7. The maximum absolute atomic E-state index is 13.3. The van der Waals surface area contributed by atoms with Gasteiger partial charge in [0.15, 0.2) is 0 Å². The highest BCUT2D eigenvalue weighted by molar-refractivity contribution is 6.09. The molecule has 1 heterocycles. The van der Waals surface area contributed by atoms with Crippen LogP contribution in [-0.2, 0) is 26.3 Å². The van der Waals surface area contributed by atoms with Crippen LogP contribution in [0.5, 0.6) is 5.75 Å². The molecule has 172 valence electrons. The first-order valence-electron chi connectivity index (χ1n) is 10.7. The molecule has 2 aliphatic rings. The van der Waals surface area contributed by atoms with Crippen LogP contribution in [0.3, 0.4) is 0 Å². The van der Waals surface area contributed by atoms with Gasteiger partial charge in [-0.25, -0.2) is 4.79 Å². The van der Waals surface area contributed by atoms with Crippen molar-refractivity contribution in [1.29, 1.82) is 0 Å². The monoisotopic (exact) mass is 450 g/mol. The molecule has 9 heteroatoms. The second kappa shape index (κ2) is 8.93. The number of rotatable bonds is 6. The zero-order valence-electron chi connectivity index (χ0n) is 18.6. The molecular weight excluding hydrogens is 424 g/mol. The summed E-state index contributed by atoms with van der Waals surface area (Å²) in [5.41, 5.74) is 1.22. The van der Waals surface area contributed by atoms with Gasteiger partial charge in [-0.05, 0) is 42.5 Å². The van der Waals surface area contributed by atoms with Gasteiger partial charge in [0.05, 0.1) is 13.7 Å². The minimum atomic E-state index is -1.13. The topological polar surface area (TPSA) is 108 Å². The van der Waals surface area contributed by atoms with Gasteiger partial charge in [0.1, 0.15) is 17.8 Å². The highest BCUT2D eigenvalue weighted by Crippen LogP contribution is 2.39. The number of anilines is 1. The highest BCUT2D eigenvalue weighted by Gasteiger charge is 2.54. The summed E-state index contributed by atoms with van der Waals surface area (Å²) in [6, 6.07) is 13.8. The third-order valence-electron chi connectivity index (χ3n) is 6.10. The van der Waals surface area contributed by atoms with E-state index in [-0.39, 0.29) is 6.54 Å². The quantitative estimate of drug-likeness (QED) is 0.654. The lowest BCUT2D eigenvalue weighted by molar-refractivity contribution is -0.139. The second-order valence-corrected chi connectivity index (χ2v) is 8.27. The summed E-state index contributed by atoms with van der Waals surface area (Å²) in [7, 11) is 2.98. The predicted octanol–water partition coefficient (Wildman–Crippen LogP) is 1.88. The minimum Gasteiger partial charge on any atom is -0.497 e. The summed E-state index contributed by atoms with van der Waals surface area (Å²) in [6.45, 7) is -0.662. The van der Waals surface area contributed by atoms with Gasteiger partial charge in [-0.2, -0.15) is 0 Å². The van der Waals surface area contributed by atoms with Gasteiger partial charge in [0, 0.05) is 18.8 Å². The first kappa shape index (κ1) is 22.3. The molecule has 0 radical (unpaired) electrons. The number of benzene rings is 2. The van der Waals surface area contributed by atoms with Crippen LogP contribution in [0.1, 0.15) is 24.0 Å². The van der Waals surface area contributed by atoms with Crippen molar-refractivity contribution in [3.8, 4) is 5.75 Å². The lowest BCUT2D eigenvalue weighted by Crippen LogP contribution is -2.47. The van der Waals surface area contributed by atoms with E-state index in [1.807, 2.05) is 24.3 Å². The zero-order chi connectivity index (χ0) is 23.6. The van der Waals surface area contributed by atoms with Crippen LogP contribution >= 0.6 is 0 Å². The maximum Gasteiger partial charge on any atom is 0.325 e. The van der Waals surface area contributed by atoms with Gasteiger partial charge < -0.3 is 20.3 Å². The van der Waals surface area contributed by atoms with E-state index in [4.69, 9.17) is 4.74 Å². The van der Waals surface area contributed by atoms with Crippen molar-refractivity contribution in [3.05, 3.63) is 59.7 Å². The van der Waals surface area contributed by atoms with Crippen LogP contribution in [0.2, 0.25) is 0 Å². The molecular formula is C24H26N4O5. The Balaban J connectivity index is 1.40. The number of hydrogen-bond acceptors (Lipinski definition) is 5. The van der Waals surface area contributed by atoms with Crippen LogP contribution in [0.25, 0.3) is 0 Å². The fourth-order valence-corrected chi connectivity index (χ4v) is 4.42. The van der Waals surface area contributed by atoms with Gasteiger partial charge in [0.25, 0.3) is 5.91 Å². The Morgan fingerprint density at radius 2 is 1.97 bits per heavy atom. The highest BCUT2D eigenvalue weighted by atomic mass is 16.5. The number of amides is 5. The average molecular weight is 450 g/mol. The fourth-order valence-electron chi connectivity index (χ4n) is 4.42. The van der Waals surface area contributed by atoms with Crippen molar-refractivity contribution in [2.75, 3.05) is 32.6 Å². The number of likely N-dealkylation sites (N-methyl/N-ethyl adjacent to an activating group) is 1. The average Bonchev–Trinajstić information content (AvgIpc) is 3.04. The number of ether oxygens (including phenoxy) is 1. The summed E-state index contributed by atoms with van der Waals surface area (Å²) in [5.74, 6) is -0.759. The minimum absolute atomic E-state index is 0.229. The summed E-state index contributed by atoms with van der Waals surface area (Å²) < 4.78 is 5.13. The van der Waals surface area contributed by atoms with Crippen LogP contribution < -0.4 is 15.4 Å². The standard InChI is InChI=1S/C24H26N4O5/c1-27(14-20(29)25-17-9-5-10-18(13-17)33-2)21(30)15-28-22(31)24(26-23(28)32)12-6-8-16-7-3-4-11-19(16)24/h3-5,7,9-11,13H,6,8,12,14-15H2,1-2H3,(H,25,29)(H,26,32). The number of aryl methyl sites for hydroxylation is 1. The lowest BCUT2D eigenvalue weighted by Gasteiger charge is -2.33. The van der Waals surface area contributed by atoms with E-state index in [9.17, 15) is 19.2 Å². The predicted molar refractivity (Wildman–Crippen MR) is 121 cm³/mol. The molecule has 1 aliphatic carbocycles. The molecule has 4 rings (SSSR count). The molecule has 9 nitrogen and oxygen atoms in total. The number of carbonyl (C=O) groups excluding carboxylic acids is 4. The van der Waals surface area contributed by atoms with Gasteiger partial charge in [-0.3, -0.25) is 19.3 Å². The first-order chi connectivity index (χ1) is 15.8. The molecule has 1 spiro atoms. The van der Waals surface area contributed by atoms with Crippen LogP contribution in [0.15, 0.2) is 48.5 Å². The van der Waals surface area contributed by atoms with Crippen LogP contribution in [-0.4, -0.2) is 60.8 Å². The van der Waals surface area contributed by atoms with Crippen molar-refractivity contribution < 1.29 is 23.9 Å². The molecule has 1 atom stereocenters. The van der Waals surface area contributed by atoms with Gasteiger partial charge in [-0.15, -0.1) is 0 Å². The van der Waals surface area contributed by atoms with E-state index in [1.165, 1.54) is 19.1 Å². The van der Waals surface area contributed by atoms with E-state index in [0.717, 1.165) is 28.9 Å². The molecule has 2 N–H and O–H groups in total. The molecule has 2 aromatic carbocycles. The number of methoxy groups -OCH3 is 1. The summed E-state index contributed by atoms with van der Waals surface area (Å²) in [4.78, 5) is 53.2. The normalized spacial score (nSPS) is 19.2. The number of urea groups is 1. The van der Waals surface area contributed by atoms with Crippen molar-refractivity contribution >= 4 is 29.4 Å². The van der Waals surface area contributed by atoms with Gasteiger partial charge in [0.2, 0.25) is 11.8 Å². The van der Waals surface area contributed by atoms with E-state index in [1.54, 1.807) is 24.3 Å². The Kier molecular flexibility index (Phi) is 6.04. The SMILES string of the molecule is COc1cccc(NC(=O)CN(C)C(=O)CN2C(=O)NC3(CCCc4ccccc43)C2=O)c1. The van der Waals surface area contributed by atoms with Crippen LogP contribution in [0.4, 0.5) is 10.5 Å². The maximum atomic E-state index is 13.3. The third-order valence-corrected chi connectivity index (χ3v) is 6.10. The molecule has 1 unspecified atom stereocenters. The third kappa shape index (κ3) is 4.26. The molecule has 2 aromatic rings. The van der Waals surface area contributed by atoms with E-state index in [0.29, 0.717) is 17.9 Å².